The number of hydrogen-bond donors (Lipinski definition) is 1. The molecule has 4 rings (SSSR count). The highest BCUT2D eigenvalue weighted by Gasteiger charge is 2.13. The van der Waals surface area contributed by atoms with Gasteiger partial charge in [-0.2, -0.15) is 0 Å². The molecule has 1 aromatic heterocycles. The molecule has 0 aliphatic rings. The molecule has 0 radical (unpaired) electrons. The molecule has 0 unspecified atom stereocenters. The van der Waals surface area contributed by atoms with Gasteiger partial charge in [0.25, 0.3) is 5.91 Å². The molecule has 1 amide bonds. The Bertz CT molecular complexity index is 1320. The predicted octanol–water partition coefficient (Wildman–Crippen LogP) is 5.54. The molecule has 0 saturated heterocycles. The van der Waals surface area contributed by atoms with Crippen molar-refractivity contribution in [1.82, 2.24) is 14.9 Å². The molecule has 0 bridgehead atoms. The third-order valence-corrected chi connectivity index (χ3v) is 6.20. The van der Waals surface area contributed by atoms with Gasteiger partial charge in [0.05, 0.1) is 36.9 Å². The van der Waals surface area contributed by atoms with Gasteiger partial charge in [-0.15, -0.1) is 0 Å². The van der Waals surface area contributed by atoms with Crippen molar-refractivity contribution in [2.45, 2.75) is 25.8 Å². The van der Waals surface area contributed by atoms with E-state index in [0.717, 1.165) is 36.2 Å². The van der Waals surface area contributed by atoms with Gasteiger partial charge in [0.2, 0.25) is 0 Å². The zero-order chi connectivity index (χ0) is 25.3. The van der Waals surface area contributed by atoms with Crippen molar-refractivity contribution < 1.29 is 19.0 Å². The lowest BCUT2D eigenvalue weighted by Crippen LogP contribution is -2.26. The number of nitrogens with one attached hydrogen (secondary N) is 1. The van der Waals surface area contributed by atoms with Gasteiger partial charge < -0.3 is 24.1 Å². The number of amides is 1. The van der Waals surface area contributed by atoms with E-state index in [-0.39, 0.29) is 5.91 Å². The summed E-state index contributed by atoms with van der Waals surface area (Å²) in [5, 5.41) is 3.61. The van der Waals surface area contributed by atoms with Crippen LogP contribution in [0.2, 0.25) is 5.02 Å². The maximum absolute atomic E-state index is 12.7. The van der Waals surface area contributed by atoms with E-state index >= 15 is 0 Å². The molecule has 3 aromatic carbocycles. The molecule has 0 aliphatic heterocycles. The number of imidazole rings is 1. The number of aryl methyl sites for hydroxylation is 1. The molecule has 36 heavy (non-hydrogen) atoms. The second-order valence-corrected chi connectivity index (χ2v) is 8.64. The first-order valence-electron chi connectivity index (χ1n) is 11.9. The molecule has 0 fully saturated rings. The quantitative estimate of drug-likeness (QED) is 0.255. The van der Waals surface area contributed by atoms with E-state index in [2.05, 4.69) is 16.0 Å². The fourth-order valence-corrected chi connectivity index (χ4v) is 4.24. The van der Waals surface area contributed by atoms with Crippen LogP contribution < -0.4 is 19.5 Å². The molecule has 7 nitrogen and oxygen atoms in total. The fraction of sp³-hybridized carbons (Fsp3) is 0.286. The summed E-state index contributed by atoms with van der Waals surface area (Å²) in [6.45, 7) is 1.87. The highest BCUT2D eigenvalue weighted by atomic mass is 35.5. The van der Waals surface area contributed by atoms with Crippen molar-refractivity contribution >= 4 is 28.5 Å². The minimum Gasteiger partial charge on any atom is -0.493 e. The highest BCUT2D eigenvalue weighted by molar-refractivity contribution is 6.32. The number of halogens is 1. The van der Waals surface area contributed by atoms with Crippen LogP contribution >= 0.6 is 11.6 Å². The van der Waals surface area contributed by atoms with Crippen LogP contribution in [0.4, 0.5) is 0 Å². The van der Waals surface area contributed by atoms with Crippen molar-refractivity contribution in [3.05, 3.63) is 83.1 Å². The third-order valence-electron chi connectivity index (χ3n) is 5.88. The van der Waals surface area contributed by atoms with Gasteiger partial charge in [-0.05, 0) is 55.3 Å². The monoisotopic (exact) mass is 507 g/mol. The Kier molecular flexibility index (Phi) is 8.68. The van der Waals surface area contributed by atoms with Gasteiger partial charge in [0.15, 0.2) is 11.5 Å². The van der Waals surface area contributed by atoms with Crippen molar-refractivity contribution in [2.75, 3.05) is 27.4 Å². The summed E-state index contributed by atoms with van der Waals surface area (Å²) in [6.07, 6.45) is 2.42. The molecule has 188 valence electrons. The average Bonchev–Trinajstić information content (AvgIpc) is 3.26. The van der Waals surface area contributed by atoms with E-state index in [1.165, 1.54) is 0 Å². The molecule has 1 heterocycles. The number of unbranched alkanes of at least 4 members (excludes halogenated alkanes) is 1. The number of rotatable bonds is 12. The van der Waals surface area contributed by atoms with Crippen molar-refractivity contribution in [1.29, 1.82) is 0 Å². The Morgan fingerprint density at radius 3 is 2.53 bits per heavy atom. The molecular formula is C28H30ClN3O4. The normalized spacial score (nSPS) is 10.9. The highest BCUT2D eigenvalue weighted by Crippen LogP contribution is 2.27. The van der Waals surface area contributed by atoms with E-state index in [4.69, 9.17) is 30.8 Å². The van der Waals surface area contributed by atoms with Crippen molar-refractivity contribution in [3.8, 4) is 17.2 Å². The van der Waals surface area contributed by atoms with Crippen LogP contribution in [-0.4, -0.2) is 42.8 Å². The molecular weight excluding hydrogens is 478 g/mol. The standard InChI is InChI=1S/C28H30ClN3O4/c1-34-25-14-13-20(19-26(25)35-2)28(33)30-16-15-27-31-22-10-4-5-11-23(22)32(27)17-7-8-18-36-24-12-6-3-9-21(24)29/h3-6,9-14,19H,7-8,15-18H2,1-2H3,(H,30,33). The summed E-state index contributed by atoms with van der Waals surface area (Å²) in [7, 11) is 3.11. The van der Waals surface area contributed by atoms with Crippen LogP contribution in [0.25, 0.3) is 11.0 Å². The van der Waals surface area contributed by atoms with E-state index in [1.54, 1.807) is 32.4 Å². The summed E-state index contributed by atoms with van der Waals surface area (Å²) < 4.78 is 18.6. The molecule has 1 N–H and O–H groups in total. The minimum atomic E-state index is -0.171. The maximum atomic E-state index is 12.7. The molecule has 0 aliphatic carbocycles. The Labute approximate surface area is 216 Å². The van der Waals surface area contributed by atoms with Crippen LogP contribution in [-0.2, 0) is 13.0 Å². The molecule has 0 saturated carbocycles. The molecule has 0 atom stereocenters. The van der Waals surface area contributed by atoms with Gasteiger partial charge in [0, 0.05) is 25.1 Å². The maximum Gasteiger partial charge on any atom is 0.251 e. The lowest BCUT2D eigenvalue weighted by Gasteiger charge is -2.12. The van der Waals surface area contributed by atoms with E-state index in [9.17, 15) is 4.79 Å². The number of methoxy groups -OCH3 is 2. The van der Waals surface area contributed by atoms with Crippen LogP contribution in [0.3, 0.4) is 0 Å². The van der Waals surface area contributed by atoms with Gasteiger partial charge in [-0.1, -0.05) is 35.9 Å². The van der Waals surface area contributed by atoms with Crippen molar-refractivity contribution in [2.24, 2.45) is 0 Å². The smallest absolute Gasteiger partial charge is 0.251 e. The predicted molar refractivity (Wildman–Crippen MR) is 141 cm³/mol. The number of ether oxygens (including phenoxy) is 3. The van der Waals surface area contributed by atoms with Gasteiger partial charge >= 0.3 is 0 Å². The van der Waals surface area contributed by atoms with Crippen LogP contribution in [0.15, 0.2) is 66.7 Å². The van der Waals surface area contributed by atoms with E-state index in [0.29, 0.717) is 47.4 Å². The van der Waals surface area contributed by atoms with Gasteiger partial charge in [-0.25, -0.2) is 4.98 Å². The molecule has 0 spiro atoms. The molecule has 8 heteroatoms. The zero-order valence-electron chi connectivity index (χ0n) is 20.5. The second-order valence-electron chi connectivity index (χ2n) is 8.23. The first-order chi connectivity index (χ1) is 17.6. The SMILES string of the molecule is COc1ccc(C(=O)NCCc2nc3ccccc3n2CCCCOc2ccccc2Cl)cc1OC. The first kappa shape index (κ1) is 25.4. The van der Waals surface area contributed by atoms with Crippen LogP contribution in [0.1, 0.15) is 29.0 Å². The summed E-state index contributed by atoms with van der Waals surface area (Å²) in [6, 6.07) is 20.7. The number of aromatic nitrogens is 2. The first-order valence-corrected chi connectivity index (χ1v) is 12.3. The average molecular weight is 508 g/mol. The Morgan fingerprint density at radius 2 is 1.72 bits per heavy atom. The summed E-state index contributed by atoms with van der Waals surface area (Å²) in [5.41, 5.74) is 2.55. The number of hydrogen-bond acceptors (Lipinski definition) is 5. The summed E-state index contributed by atoms with van der Waals surface area (Å²) >= 11 is 6.16. The molecule has 4 aromatic rings. The van der Waals surface area contributed by atoms with Crippen LogP contribution in [0, 0.1) is 0 Å². The number of benzene rings is 3. The largest absolute Gasteiger partial charge is 0.493 e. The Balaban J connectivity index is 1.35. The topological polar surface area (TPSA) is 74.6 Å². The number of para-hydroxylation sites is 3. The zero-order valence-corrected chi connectivity index (χ0v) is 21.3. The number of fused-ring (bicyclic) bond motifs is 1. The number of carbonyl (C=O) groups excluding carboxylic acids is 1. The van der Waals surface area contributed by atoms with Crippen LogP contribution in [0.5, 0.6) is 17.2 Å². The fourth-order valence-electron chi connectivity index (χ4n) is 4.05. The summed E-state index contributed by atoms with van der Waals surface area (Å²) in [4.78, 5) is 17.5. The van der Waals surface area contributed by atoms with E-state index in [1.807, 2.05) is 42.5 Å². The van der Waals surface area contributed by atoms with Gasteiger partial charge in [0.1, 0.15) is 11.6 Å². The minimum absolute atomic E-state index is 0.171. The third kappa shape index (κ3) is 6.10. The van der Waals surface area contributed by atoms with Gasteiger partial charge in [-0.3, -0.25) is 4.79 Å². The lowest BCUT2D eigenvalue weighted by molar-refractivity contribution is 0.0953. The Hall–Kier alpha value is -3.71. The summed E-state index contributed by atoms with van der Waals surface area (Å²) in [5.74, 6) is 2.58. The second kappa shape index (κ2) is 12.3. The lowest BCUT2D eigenvalue weighted by atomic mass is 10.2. The number of nitrogens with zero attached hydrogens (tertiary/aromatic N) is 2. The van der Waals surface area contributed by atoms with E-state index < -0.39 is 0 Å². The Morgan fingerprint density at radius 1 is 0.944 bits per heavy atom. The number of carbonyl (C=O) groups is 1. The van der Waals surface area contributed by atoms with Crippen molar-refractivity contribution in [3.63, 3.8) is 0 Å².